The number of ether oxygens (including phenoxy) is 1. The summed E-state index contributed by atoms with van der Waals surface area (Å²) in [6.45, 7) is 5.28. The zero-order chi connectivity index (χ0) is 9.31. The zero-order valence-corrected chi connectivity index (χ0v) is 8.34. The number of hydrogen-bond acceptors (Lipinski definition) is 1. The fourth-order valence-electron chi connectivity index (χ4n) is 2.11. The van der Waals surface area contributed by atoms with Gasteiger partial charge in [-0.15, -0.1) is 0 Å². The average molecular weight is 176 g/mol. The van der Waals surface area contributed by atoms with Gasteiger partial charge in [-0.25, -0.2) is 0 Å². The van der Waals surface area contributed by atoms with E-state index >= 15 is 0 Å². The highest BCUT2D eigenvalue weighted by Crippen LogP contribution is 2.41. The molecule has 0 aliphatic carbocycles. The first-order valence-corrected chi connectivity index (χ1v) is 4.98. The largest absolute Gasteiger partial charge is 0.370 e. The van der Waals surface area contributed by atoms with E-state index < -0.39 is 0 Å². The van der Waals surface area contributed by atoms with Crippen molar-refractivity contribution in [1.29, 1.82) is 0 Å². The van der Waals surface area contributed by atoms with E-state index in [4.69, 9.17) is 4.74 Å². The predicted octanol–water partition coefficient (Wildman–Crippen LogP) is 3.02. The van der Waals surface area contributed by atoms with Crippen molar-refractivity contribution < 1.29 is 4.74 Å². The lowest BCUT2D eigenvalue weighted by Crippen LogP contribution is -2.40. The molecule has 70 valence electrons. The second-order valence-corrected chi connectivity index (χ2v) is 3.76. The van der Waals surface area contributed by atoms with Gasteiger partial charge < -0.3 is 4.74 Å². The van der Waals surface area contributed by atoms with Crippen molar-refractivity contribution in [1.82, 2.24) is 0 Å². The minimum atomic E-state index is 0.0470. The van der Waals surface area contributed by atoms with E-state index in [0.717, 1.165) is 13.0 Å². The Bertz CT molecular complexity index is 294. The monoisotopic (exact) mass is 176 g/mol. The Morgan fingerprint density at radius 3 is 2.54 bits per heavy atom. The first-order chi connectivity index (χ1) is 6.28. The van der Waals surface area contributed by atoms with Gasteiger partial charge in [0.05, 0.1) is 12.2 Å². The van der Waals surface area contributed by atoms with Crippen molar-refractivity contribution >= 4 is 0 Å². The van der Waals surface area contributed by atoms with Crippen molar-refractivity contribution in [3.8, 4) is 0 Å². The number of benzene rings is 1. The second kappa shape index (κ2) is 3.15. The SMILES string of the molecule is CCC1(c2ccccc2C)CCO1. The van der Waals surface area contributed by atoms with Crippen molar-refractivity contribution in [3.63, 3.8) is 0 Å². The highest BCUT2D eigenvalue weighted by atomic mass is 16.5. The molecule has 1 aliphatic rings. The fourth-order valence-corrected chi connectivity index (χ4v) is 2.11. The van der Waals surface area contributed by atoms with Crippen LogP contribution in [-0.2, 0) is 10.3 Å². The van der Waals surface area contributed by atoms with E-state index in [-0.39, 0.29) is 5.60 Å². The Morgan fingerprint density at radius 2 is 2.08 bits per heavy atom. The first kappa shape index (κ1) is 8.76. The molecular formula is C12H16O. The average Bonchev–Trinajstić information content (AvgIpc) is 2.07. The van der Waals surface area contributed by atoms with Crippen LogP contribution in [0.15, 0.2) is 24.3 Å². The predicted molar refractivity (Wildman–Crippen MR) is 53.7 cm³/mol. The lowest BCUT2D eigenvalue weighted by atomic mass is 9.82. The maximum Gasteiger partial charge on any atom is 0.0953 e. The standard InChI is InChI=1S/C12H16O/c1-3-12(8-9-13-12)11-7-5-4-6-10(11)2/h4-7H,3,8-9H2,1-2H3. The van der Waals surface area contributed by atoms with E-state index in [9.17, 15) is 0 Å². The van der Waals surface area contributed by atoms with Gasteiger partial charge in [-0.2, -0.15) is 0 Å². The summed E-state index contributed by atoms with van der Waals surface area (Å²) in [4.78, 5) is 0. The minimum absolute atomic E-state index is 0.0470. The lowest BCUT2D eigenvalue weighted by molar-refractivity contribution is -0.156. The number of rotatable bonds is 2. The van der Waals surface area contributed by atoms with Crippen LogP contribution in [0.2, 0.25) is 0 Å². The minimum Gasteiger partial charge on any atom is -0.370 e. The van der Waals surface area contributed by atoms with Crippen molar-refractivity contribution in [2.24, 2.45) is 0 Å². The third kappa shape index (κ3) is 1.28. The van der Waals surface area contributed by atoms with Crippen LogP contribution in [0.1, 0.15) is 30.9 Å². The Balaban J connectivity index is 2.38. The van der Waals surface area contributed by atoms with Gasteiger partial charge in [0.25, 0.3) is 0 Å². The molecule has 0 N–H and O–H groups in total. The van der Waals surface area contributed by atoms with Crippen LogP contribution in [0.3, 0.4) is 0 Å². The Morgan fingerprint density at radius 1 is 1.38 bits per heavy atom. The molecule has 1 atom stereocenters. The molecule has 1 fully saturated rings. The van der Waals surface area contributed by atoms with Crippen LogP contribution in [0.25, 0.3) is 0 Å². The third-order valence-electron chi connectivity index (χ3n) is 3.09. The molecule has 0 spiro atoms. The summed E-state index contributed by atoms with van der Waals surface area (Å²) < 4.78 is 5.73. The maximum absolute atomic E-state index is 5.73. The van der Waals surface area contributed by atoms with Crippen LogP contribution in [0.4, 0.5) is 0 Å². The zero-order valence-electron chi connectivity index (χ0n) is 8.34. The van der Waals surface area contributed by atoms with Crippen LogP contribution in [0, 0.1) is 6.92 Å². The molecule has 1 aromatic rings. The summed E-state index contributed by atoms with van der Waals surface area (Å²) in [5, 5.41) is 0. The van der Waals surface area contributed by atoms with E-state index in [2.05, 4.69) is 38.1 Å². The molecular weight excluding hydrogens is 160 g/mol. The Kier molecular flexibility index (Phi) is 2.12. The second-order valence-electron chi connectivity index (χ2n) is 3.76. The van der Waals surface area contributed by atoms with E-state index in [0.29, 0.717) is 0 Å². The van der Waals surface area contributed by atoms with Gasteiger partial charge in [0.1, 0.15) is 0 Å². The van der Waals surface area contributed by atoms with E-state index in [1.165, 1.54) is 17.5 Å². The first-order valence-electron chi connectivity index (χ1n) is 4.98. The molecule has 0 saturated carbocycles. The highest BCUT2D eigenvalue weighted by Gasteiger charge is 2.38. The molecule has 1 nitrogen and oxygen atoms in total. The lowest BCUT2D eigenvalue weighted by Gasteiger charge is -2.42. The molecule has 1 heterocycles. The number of hydrogen-bond donors (Lipinski definition) is 0. The topological polar surface area (TPSA) is 9.23 Å². The molecule has 1 saturated heterocycles. The molecule has 0 bridgehead atoms. The smallest absolute Gasteiger partial charge is 0.0953 e. The summed E-state index contributed by atoms with van der Waals surface area (Å²) in [7, 11) is 0. The molecule has 1 aromatic carbocycles. The van der Waals surface area contributed by atoms with Gasteiger partial charge in [0.2, 0.25) is 0 Å². The van der Waals surface area contributed by atoms with E-state index in [1.807, 2.05) is 0 Å². The van der Waals surface area contributed by atoms with Crippen LogP contribution >= 0.6 is 0 Å². The van der Waals surface area contributed by atoms with Gasteiger partial charge in [-0.1, -0.05) is 31.2 Å². The molecule has 1 unspecified atom stereocenters. The van der Waals surface area contributed by atoms with Crippen LogP contribution in [0.5, 0.6) is 0 Å². The molecule has 0 aromatic heterocycles. The van der Waals surface area contributed by atoms with Crippen molar-refractivity contribution in [2.45, 2.75) is 32.3 Å². The third-order valence-corrected chi connectivity index (χ3v) is 3.09. The summed E-state index contributed by atoms with van der Waals surface area (Å²) in [6.07, 6.45) is 2.26. The quantitative estimate of drug-likeness (QED) is 0.673. The molecule has 2 rings (SSSR count). The van der Waals surface area contributed by atoms with Crippen molar-refractivity contribution in [3.05, 3.63) is 35.4 Å². The summed E-state index contributed by atoms with van der Waals surface area (Å²) in [6, 6.07) is 8.54. The summed E-state index contributed by atoms with van der Waals surface area (Å²) >= 11 is 0. The van der Waals surface area contributed by atoms with Crippen LogP contribution in [-0.4, -0.2) is 6.61 Å². The molecule has 13 heavy (non-hydrogen) atoms. The van der Waals surface area contributed by atoms with E-state index in [1.54, 1.807) is 0 Å². The van der Waals surface area contributed by atoms with Gasteiger partial charge >= 0.3 is 0 Å². The fraction of sp³-hybridized carbons (Fsp3) is 0.500. The van der Waals surface area contributed by atoms with Crippen molar-refractivity contribution in [2.75, 3.05) is 6.61 Å². The van der Waals surface area contributed by atoms with Gasteiger partial charge in [0.15, 0.2) is 0 Å². The van der Waals surface area contributed by atoms with Crippen LogP contribution < -0.4 is 0 Å². The molecule has 1 heteroatoms. The Hall–Kier alpha value is -0.820. The maximum atomic E-state index is 5.73. The summed E-state index contributed by atoms with van der Waals surface area (Å²) in [5.74, 6) is 0. The van der Waals surface area contributed by atoms with Gasteiger partial charge in [0, 0.05) is 6.42 Å². The van der Waals surface area contributed by atoms with Gasteiger partial charge in [-0.05, 0) is 24.5 Å². The summed E-state index contributed by atoms with van der Waals surface area (Å²) in [5.41, 5.74) is 2.78. The number of aryl methyl sites for hydroxylation is 1. The Labute approximate surface area is 79.7 Å². The van der Waals surface area contributed by atoms with Gasteiger partial charge in [-0.3, -0.25) is 0 Å². The highest BCUT2D eigenvalue weighted by molar-refractivity contribution is 5.32. The molecule has 0 radical (unpaired) electrons. The molecule has 0 amide bonds. The molecule has 1 aliphatic heterocycles. The normalized spacial score (nSPS) is 26.9.